The number of benzene rings is 2. The van der Waals surface area contributed by atoms with Crippen molar-refractivity contribution in [1.29, 1.82) is 0 Å². The minimum Gasteiger partial charge on any atom is -0.386 e. The van der Waals surface area contributed by atoms with Crippen LogP contribution in [0.4, 0.5) is 0 Å². The number of nitrogens with zero attached hydrogens (tertiary/aromatic N) is 3. The Bertz CT molecular complexity index is 1110. The van der Waals surface area contributed by atoms with E-state index in [4.69, 9.17) is 4.98 Å². The van der Waals surface area contributed by atoms with Gasteiger partial charge in [0.2, 0.25) is 0 Å². The van der Waals surface area contributed by atoms with Crippen LogP contribution >= 0.6 is 0 Å². The summed E-state index contributed by atoms with van der Waals surface area (Å²) in [6.07, 6.45) is 5.15. The third-order valence-corrected chi connectivity index (χ3v) is 4.48. The molecule has 27 heavy (non-hydrogen) atoms. The van der Waals surface area contributed by atoms with Gasteiger partial charge in [0.25, 0.3) is 0 Å². The van der Waals surface area contributed by atoms with Gasteiger partial charge < -0.3 is 10.3 Å². The Morgan fingerprint density at radius 2 is 1.89 bits per heavy atom. The van der Waals surface area contributed by atoms with Gasteiger partial charge in [-0.05, 0) is 41.6 Å². The van der Waals surface area contributed by atoms with E-state index < -0.39 is 0 Å². The van der Waals surface area contributed by atoms with E-state index in [9.17, 15) is 0 Å². The Morgan fingerprint density at radius 3 is 2.59 bits per heavy atom. The van der Waals surface area contributed by atoms with Gasteiger partial charge in [-0.15, -0.1) is 0 Å². The smallest absolute Gasteiger partial charge is 0.0924 e. The first-order chi connectivity index (χ1) is 13.3. The van der Waals surface area contributed by atoms with Crippen LogP contribution < -0.4 is 5.32 Å². The summed E-state index contributed by atoms with van der Waals surface area (Å²) in [5, 5.41) is 4.23. The van der Waals surface area contributed by atoms with Crippen LogP contribution in [0.2, 0.25) is 0 Å². The van der Waals surface area contributed by atoms with Crippen molar-refractivity contribution < 1.29 is 0 Å². The number of rotatable bonds is 5. The maximum Gasteiger partial charge on any atom is 0.0924 e. The molecule has 132 valence electrons. The molecular formula is C22H19N5. The van der Waals surface area contributed by atoms with Crippen LogP contribution in [0.1, 0.15) is 5.56 Å². The summed E-state index contributed by atoms with van der Waals surface area (Å²) >= 11 is 0. The zero-order valence-corrected chi connectivity index (χ0v) is 15.0. The zero-order chi connectivity index (χ0) is 18.6. The van der Waals surface area contributed by atoms with Crippen LogP contribution in [0, 0.1) is 0 Å². The molecule has 0 saturated heterocycles. The number of nitrogens with one attached hydrogen (secondary N) is 2. The zero-order valence-electron chi connectivity index (χ0n) is 15.0. The van der Waals surface area contributed by atoms with Crippen molar-refractivity contribution in [3.63, 3.8) is 0 Å². The first-order valence-electron chi connectivity index (χ1n) is 8.62. The number of aromatic amines is 1. The van der Waals surface area contributed by atoms with Crippen molar-refractivity contribution in [1.82, 2.24) is 20.3 Å². The summed E-state index contributed by atoms with van der Waals surface area (Å²) in [5.41, 5.74) is 7.08. The van der Waals surface area contributed by atoms with Crippen LogP contribution in [0.3, 0.4) is 0 Å². The molecule has 0 fully saturated rings. The summed E-state index contributed by atoms with van der Waals surface area (Å²) < 4.78 is 0. The van der Waals surface area contributed by atoms with Gasteiger partial charge in [0.05, 0.1) is 35.1 Å². The number of imidazole rings is 1. The molecule has 0 unspecified atom stereocenters. The van der Waals surface area contributed by atoms with E-state index in [0.717, 1.165) is 44.7 Å². The van der Waals surface area contributed by atoms with E-state index in [0.29, 0.717) is 0 Å². The highest BCUT2D eigenvalue weighted by Gasteiger charge is 2.06. The maximum absolute atomic E-state index is 4.72. The highest BCUT2D eigenvalue weighted by atomic mass is 14.9. The van der Waals surface area contributed by atoms with Crippen molar-refractivity contribution in [2.75, 3.05) is 7.05 Å². The van der Waals surface area contributed by atoms with Crippen molar-refractivity contribution >= 4 is 23.3 Å². The molecule has 0 aliphatic heterocycles. The van der Waals surface area contributed by atoms with Gasteiger partial charge in [-0.1, -0.05) is 36.4 Å². The number of hydrogen-bond donors (Lipinski definition) is 2. The topological polar surface area (TPSA) is 66.0 Å². The summed E-state index contributed by atoms with van der Waals surface area (Å²) in [6.45, 7) is 3.51. The molecular weight excluding hydrogens is 334 g/mol. The van der Waals surface area contributed by atoms with Crippen molar-refractivity contribution in [2.24, 2.45) is 4.99 Å². The van der Waals surface area contributed by atoms with E-state index in [2.05, 4.69) is 75.5 Å². The predicted molar refractivity (Wildman–Crippen MR) is 111 cm³/mol. The standard InChI is InChI=1S/C22H19N5/c1-23-12-21(24-2)16-5-3-15(4-6-16)17-7-9-19-18(11-17)8-10-20(27-19)22-13-25-14-26-22/h3-14,24H,1H2,2H3,(H,25,26)/b21-12-. The van der Waals surface area contributed by atoms with Crippen LogP contribution in [0.25, 0.3) is 39.1 Å². The fourth-order valence-electron chi connectivity index (χ4n) is 3.07. The molecule has 4 rings (SSSR count). The van der Waals surface area contributed by atoms with Gasteiger partial charge in [-0.25, -0.2) is 9.97 Å². The van der Waals surface area contributed by atoms with Gasteiger partial charge in [-0.2, -0.15) is 0 Å². The van der Waals surface area contributed by atoms with Crippen LogP contribution in [-0.4, -0.2) is 28.7 Å². The summed E-state index contributed by atoms with van der Waals surface area (Å²) in [7, 11) is 1.87. The summed E-state index contributed by atoms with van der Waals surface area (Å²) in [5.74, 6) is 0. The van der Waals surface area contributed by atoms with Crippen molar-refractivity contribution in [2.45, 2.75) is 0 Å². The van der Waals surface area contributed by atoms with Gasteiger partial charge in [0.15, 0.2) is 0 Å². The minimum absolute atomic E-state index is 0.888. The van der Waals surface area contributed by atoms with E-state index in [1.807, 2.05) is 13.1 Å². The molecule has 0 aliphatic rings. The van der Waals surface area contributed by atoms with Gasteiger partial charge in [-0.3, -0.25) is 4.99 Å². The Morgan fingerprint density at radius 1 is 1.07 bits per heavy atom. The Kier molecular flexibility index (Phi) is 4.49. The van der Waals surface area contributed by atoms with Gasteiger partial charge in [0, 0.05) is 18.6 Å². The van der Waals surface area contributed by atoms with E-state index in [-0.39, 0.29) is 0 Å². The summed E-state index contributed by atoms with van der Waals surface area (Å²) in [4.78, 5) is 15.7. The fourth-order valence-corrected chi connectivity index (χ4v) is 3.07. The molecule has 0 bridgehead atoms. The van der Waals surface area contributed by atoms with Crippen molar-refractivity contribution in [3.05, 3.63) is 78.9 Å². The lowest BCUT2D eigenvalue weighted by Gasteiger charge is -2.09. The number of aromatic nitrogens is 3. The molecule has 2 aromatic heterocycles. The number of aliphatic imine (C=N–C) groups is 1. The number of fused-ring (bicyclic) bond motifs is 1. The van der Waals surface area contributed by atoms with Gasteiger partial charge in [0.1, 0.15) is 0 Å². The number of pyridine rings is 1. The van der Waals surface area contributed by atoms with Crippen LogP contribution in [-0.2, 0) is 0 Å². The first-order valence-corrected chi connectivity index (χ1v) is 8.62. The van der Waals surface area contributed by atoms with Crippen molar-refractivity contribution in [3.8, 4) is 22.5 Å². The van der Waals surface area contributed by atoms with E-state index in [1.165, 1.54) is 0 Å². The monoisotopic (exact) mass is 353 g/mol. The first kappa shape index (κ1) is 16.7. The second kappa shape index (κ2) is 7.25. The molecule has 0 atom stereocenters. The average Bonchev–Trinajstić information content (AvgIpc) is 3.26. The second-order valence-electron chi connectivity index (χ2n) is 6.12. The molecule has 0 spiro atoms. The molecule has 0 amide bonds. The van der Waals surface area contributed by atoms with Gasteiger partial charge >= 0.3 is 0 Å². The fraction of sp³-hybridized carbons (Fsp3) is 0.0455. The summed E-state index contributed by atoms with van der Waals surface area (Å²) in [6, 6.07) is 18.8. The highest BCUT2D eigenvalue weighted by Crippen LogP contribution is 2.26. The van der Waals surface area contributed by atoms with Crippen LogP contribution in [0.15, 0.2) is 78.3 Å². The third-order valence-electron chi connectivity index (χ3n) is 4.48. The van der Waals surface area contributed by atoms with E-state index in [1.54, 1.807) is 18.7 Å². The van der Waals surface area contributed by atoms with E-state index >= 15 is 0 Å². The molecule has 4 aromatic rings. The highest BCUT2D eigenvalue weighted by molar-refractivity contribution is 5.86. The molecule has 5 nitrogen and oxygen atoms in total. The quantitative estimate of drug-likeness (QED) is 0.519. The number of hydrogen-bond acceptors (Lipinski definition) is 4. The maximum atomic E-state index is 4.72. The SMILES string of the molecule is C=N/C=C(\NC)c1ccc(-c2ccc3nc(-c4cnc[nH]4)ccc3c2)cc1. The van der Waals surface area contributed by atoms with Crippen LogP contribution in [0.5, 0.6) is 0 Å². The molecule has 2 N–H and O–H groups in total. The normalized spacial score (nSPS) is 11.5. The average molecular weight is 353 g/mol. The molecule has 5 heteroatoms. The third kappa shape index (κ3) is 3.35. The Labute approximate surface area is 157 Å². The second-order valence-corrected chi connectivity index (χ2v) is 6.12. The largest absolute Gasteiger partial charge is 0.386 e. The predicted octanol–water partition coefficient (Wildman–Crippen LogP) is 4.51. The Balaban J connectivity index is 1.67. The molecule has 2 heterocycles. The molecule has 0 aliphatic carbocycles. The molecule has 0 saturated carbocycles. The lowest BCUT2D eigenvalue weighted by molar-refractivity contribution is 1.12. The lowest BCUT2D eigenvalue weighted by Crippen LogP contribution is -2.03. The number of H-pyrrole nitrogens is 1. The molecule has 2 aromatic carbocycles. The minimum atomic E-state index is 0.888. The Hall–Kier alpha value is -3.73. The lowest BCUT2D eigenvalue weighted by atomic mass is 10.0. The molecule has 0 radical (unpaired) electrons.